The first-order valence-electron chi connectivity index (χ1n) is 3.25. The molecule has 0 amide bonds. The molecular weight excluding hydrogens is 199 g/mol. The molecule has 1 aromatic carbocycles. The average Bonchev–Trinajstić information content (AvgIpc) is 2.02. The summed E-state index contributed by atoms with van der Waals surface area (Å²) in [4.78, 5) is 0.0392. The molecule has 0 aliphatic rings. The van der Waals surface area contributed by atoms with Gasteiger partial charge in [-0.3, -0.25) is 0 Å². The highest BCUT2D eigenvalue weighted by molar-refractivity contribution is 7.80. The highest BCUT2D eigenvalue weighted by Crippen LogP contribution is 2.31. The SMILES string of the molecule is N#Cc1ccc(C(F)(F)F)cc1S. The zero-order valence-electron chi connectivity index (χ0n) is 6.26. The van der Waals surface area contributed by atoms with Crippen LogP contribution in [0.15, 0.2) is 23.1 Å². The van der Waals surface area contributed by atoms with Crippen LogP contribution in [0.4, 0.5) is 13.2 Å². The summed E-state index contributed by atoms with van der Waals surface area (Å²) in [6.45, 7) is 0. The number of rotatable bonds is 0. The van der Waals surface area contributed by atoms with Gasteiger partial charge in [-0.05, 0) is 18.2 Å². The van der Waals surface area contributed by atoms with Gasteiger partial charge < -0.3 is 0 Å². The van der Waals surface area contributed by atoms with Gasteiger partial charge in [0.2, 0.25) is 0 Å². The van der Waals surface area contributed by atoms with E-state index in [0.717, 1.165) is 18.2 Å². The van der Waals surface area contributed by atoms with E-state index in [9.17, 15) is 13.2 Å². The van der Waals surface area contributed by atoms with E-state index in [4.69, 9.17) is 5.26 Å². The van der Waals surface area contributed by atoms with Crippen LogP contribution in [0.2, 0.25) is 0 Å². The third-order valence-electron chi connectivity index (χ3n) is 1.45. The van der Waals surface area contributed by atoms with E-state index in [0.29, 0.717) is 0 Å². The van der Waals surface area contributed by atoms with Crippen LogP contribution in [0.3, 0.4) is 0 Å². The molecule has 0 heterocycles. The van der Waals surface area contributed by atoms with Gasteiger partial charge in [0.15, 0.2) is 0 Å². The van der Waals surface area contributed by atoms with Crippen molar-refractivity contribution in [2.24, 2.45) is 0 Å². The number of benzene rings is 1. The summed E-state index contributed by atoms with van der Waals surface area (Å²) < 4.78 is 36.3. The second-order valence-corrected chi connectivity index (χ2v) is 2.82. The van der Waals surface area contributed by atoms with Gasteiger partial charge in [-0.25, -0.2) is 0 Å². The lowest BCUT2D eigenvalue weighted by Gasteiger charge is -2.06. The second-order valence-electron chi connectivity index (χ2n) is 2.34. The first-order valence-corrected chi connectivity index (χ1v) is 3.70. The van der Waals surface area contributed by atoms with Crippen LogP contribution in [0.1, 0.15) is 11.1 Å². The van der Waals surface area contributed by atoms with Crippen LogP contribution in [0.25, 0.3) is 0 Å². The van der Waals surface area contributed by atoms with Crippen molar-refractivity contribution in [2.45, 2.75) is 11.1 Å². The number of thiol groups is 1. The Balaban J connectivity index is 3.20. The maximum absolute atomic E-state index is 12.1. The molecule has 0 radical (unpaired) electrons. The van der Waals surface area contributed by atoms with E-state index < -0.39 is 11.7 Å². The lowest BCUT2D eigenvalue weighted by Crippen LogP contribution is -2.04. The minimum Gasteiger partial charge on any atom is -0.192 e. The summed E-state index contributed by atoms with van der Waals surface area (Å²) in [5.41, 5.74) is -0.659. The van der Waals surface area contributed by atoms with E-state index in [1.165, 1.54) is 0 Å². The molecule has 0 atom stereocenters. The molecule has 0 aromatic heterocycles. The highest BCUT2D eigenvalue weighted by atomic mass is 32.1. The van der Waals surface area contributed by atoms with Crippen molar-refractivity contribution in [3.05, 3.63) is 29.3 Å². The van der Waals surface area contributed by atoms with Crippen LogP contribution >= 0.6 is 12.6 Å². The molecule has 13 heavy (non-hydrogen) atoms. The van der Waals surface area contributed by atoms with Crippen LogP contribution in [0, 0.1) is 11.3 Å². The molecule has 5 heteroatoms. The zero-order valence-corrected chi connectivity index (χ0v) is 7.15. The predicted octanol–water partition coefficient (Wildman–Crippen LogP) is 2.87. The molecule has 68 valence electrons. The molecular formula is C8H4F3NS. The minimum absolute atomic E-state index is 0.0392. The summed E-state index contributed by atoms with van der Waals surface area (Å²) in [6.07, 6.45) is -4.38. The summed E-state index contributed by atoms with van der Waals surface area (Å²) >= 11 is 3.76. The Morgan fingerprint density at radius 2 is 1.92 bits per heavy atom. The smallest absolute Gasteiger partial charge is 0.192 e. The van der Waals surface area contributed by atoms with Crippen molar-refractivity contribution in [3.63, 3.8) is 0 Å². The summed E-state index contributed by atoms with van der Waals surface area (Å²) in [5.74, 6) is 0. The molecule has 0 bridgehead atoms. The van der Waals surface area contributed by atoms with Gasteiger partial charge in [0, 0.05) is 4.90 Å². The van der Waals surface area contributed by atoms with Gasteiger partial charge in [-0.15, -0.1) is 12.6 Å². The first kappa shape index (κ1) is 9.93. The van der Waals surface area contributed by atoms with E-state index in [-0.39, 0.29) is 10.5 Å². The first-order chi connectivity index (χ1) is 5.95. The normalized spacial score (nSPS) is 11.0. The third-order valence-corrected chi connectivity index (χ3v) is 1.82. The second kappa shape index (κ2) is 3.30. The quantitative estimate of drug-likeness (QED) is 0.644. The number of alkyl halides is 3. The summed E-state index contributed by atoms with van der Waals surface area (Å²) in [7, 11) is 0. The fourth-order valence-electron chi connectivity index (χ4n) is 0.803. The zero-order chi connectivity index (χ0) is 10.1. The molecule has 0 unspecified atom stereocenters. The maximum Gasteiger partial charge on any atom is 0.416 e. The fourth-order valence-corrected chi connectivity index (χ4v) is 1.07. The Labute approximate surface area is 78.2 Å². The van der Waals surface area contributed by atoms with Crippen LogP contribution in [-0.2, 0) is 6.18 Å². The molecule has 0 spiro atoms. The van der Waals surface area contributed by atoms with Crippen molar-refractivity contribution in [2.75, 3.05) is 0 Å². The Bertz CT molecular complexity index is 365. The minimum atomic E-state index is -4.38. The van der Waals surface area contributed by atoms with Gasteiger partial charge in [0.05, 0.1) is 11.1 Å². The van der Waals surface area contributed by atoms with Crippen LogP contribution < -0.4 is 0 Å². The van der Waals surface area contributed by atoms with E-state index >= 15 is 0 Å². The molecule has 0 saturated heterocycles. The van der Waals surface area contributed by atoms with Crippen molar-refractivity contribution >= 4 is 12.6 Å². The van der Waals surface area contributed by atoms with Gasteiger partial charge in [-0.1, -0.05) is 0 Å². The van der Waals surface area contributed by atoms with Crippen molar-refractivity contribution in [1.29, 1.82) is 5.26 Å². The van der Waals surface area contributed by atoms with E-state index in [1.54, 1.807) is 6.07 Å². The Morgan fingerprint density at radius 3 is 2.31 bits per heavy atom. The number of nitrogens with zero attached hydrogens (tertiary/aromatic N) is 1. The number of hydrogen-bond donors (Lipinski definition) is 1. The predicted molar refractivity (Wildman–Crippen MR) is 43.4 cm³/mol. The van der Waals surface area contributed by atoms with E-state index in [1.807, 2.05) is 0 Å². The van der Waals surface area contributed by atoms with E-state index in [2.05, 4.69) is 12.6 Å². The van der Waals surface area contributed by atoms with Crippen molar-refractivity contribution < 1.29 is 13.2 Å². The van der Waals surface area contributed by atoms with Gasteiger partial charge in [-0.2, -0.15) is 18.4 Å². The fraction of sp³-hybridized carbons (Fsp3) is 0.125. The monoisotopic (exact) mass is 203 g/mol. The molecule has 0 saturated carbocycles. The molecule has 0 aliphatic carbocycles. The average molecular weight is 203 g/mol. The molecule has 1 rings (SSSR count). The molecule has 0 aliphatic heterocycles. The van der Waals surface area contributed by atoms with Crippen molar-refractivity contribution in [3.8, 4) is 6.07 Å². The number of hydrogen-bond acceptors (Lipinski definition) is 2. The van der Waals surface area contributed by atoms with Gasteiger partial charge in [0.1, 0.15) is 6.07 Å². The molecule has 0 N–H and O–H groups in total. The Hall–Kier alpha value is -1.15. The summed E-state index contributed by atoms with van der Waals surface area (Å²) in [6, 6.07) is 4.53. The summed E-state index contributed by atoms with van der Waals surface area (Å²) in [5, 5.41) is 8.43. The molecule has 0 fully saturated rings. The Kier molecular flexibility index (Phi) is 2.52. The number of nitriles is 1. The lowest BCUT2D eigenvalue weighted by molar-refractivity contribution is -0.137. The molecule has 1 nitrogen and oxygen atoms in total. The van der Waals surface area contributed by atoms with Gasteiger partial charge in [0.25, 0.3) is 0 Å². The number of halogens is 3. The highest BCUT2D eigenvalue weighted by Gasteiger charge is 2.30. The third kappa shape index (κ3) is 2.16. The van der Waals surface area contributed by atoms with Crippen LogP contribution in [0.5, 0.6) is 0 Å². The van der Waals surface area contributed by atoms with Crippen molar-refractivity contribution in [1.82, 2.24) is 0 Å². The standard InChI is InChI=1S/C8H4F3NS/c9-8(10,11)6-2-1-5(4-12)7(13)3-6/h1-3,13H. The van der Waals surface area contributed by atoms with Crippen LogP contribution in [-0.4, -0.2) is 0 Å². The maximum atomic E-state index is 12.1. The largest absolute Gasteiger partial charge is 0.416 e. The topological polar surface area (TPSA) is 23.8 Å². The Morgan fingerprint density at radius 1 is 1.31 bits per heavy atom. The van der Waals surface area contributed by atoms with Gasteiger partial charge >= 0.3 is 6.18 Å². The molecule has 1 aromatic rings. The lowest BCUT2D eigenvalue weighted by atomic mass is 10.1.